The number of rotatable bonds is 3. The Hall–Kier alpha value is -1.18. The maximum absolute atomic E-state index is 4.26. The van der Waals surface area contributed by atoms with Crippen LogP contribution in [0.4, 0.5) is 0 Å². The third-order valence-electron chi connectivity index (χ3n) is 1.55. The van der Waals surface area contributed by atoms with Gasteiger partial charge in [-0.3, -0.25) is 9.97 Å². The fraction of sp³-hybridized carbons (Fsp3) is 0.400. The molecule has 0 unspecified atom stereocenters. The van der Waals surface area contributed by atoms with Crippen molar-refractivity contribution in [3.63, 3.8) is 0 Å². The third kappa shape index (κ3) is 2.46. The largest absolute Gasteiger partial charge is 0.257 e. The Morgan fingerprint density at radius 3 is 2.58 bits per heavy atom. The Morgan fingerprint density at radius 2 is 2.17 bits per heavy atom. The molecule has 0 N–H and O–H groups in total. The Kier molecular flexibility index (Phi) is 2.97. The molecule has 1 rings (SSSR count). The van der Waals surface area contributed by atoms with Crippen LogP contribution in [0.25, 0.3) is 6.08 Å². The SMILES string of the molecule is C=Cc1cnc(CC(C)C)cn1. The first-order valence-electron chi connectivity index (χ1n) is 4.15. The van der Waals surface area contributed by atoms with Crippen molar-refractivity contribution in [3.8, 4) is 0 Å². The van der Waals surface area contributed by atoms with E-state index in [9.17, 15) is 0 Å². The van der Waals surface area contributed by atoms with Gasteiger partial charge in [0.05, 0.1) is 17.6 Å². The van der Waals surface area contributed by atoms with Crippen LogP contribution >= 0.6 is 0 Å². The maximum atomic E-state index is 4.26. The summed E-state index contributed by atoms with van der Waals surface area (Å²) in [6.07, 6.45) is 6.26. The van der Waals surface area contributed by atoms with Gasteiger partial charge < -0.3 is 0 Å². The van der Waals surface area contributed by atoms with E-state index < -0.39 is 0 Å². The highest BCUT2D eigenvalue weighted by molar-refractivity contribution is 5.39. The zero-order chi connectivity index (χ0) is 8.97. The quantitative estimate of drug-likeness (QED) is 0.681. The average Bonchev–Trinajstić information content (AvgIpc) is 2.05. The van der Waals surface area contributed by atoms with Gasteiger partial charge >= 0.3 is 0 Å². The van der Waals surface area contributed by atoms with E-state index in [4.69, 9.17) is 0 Å². The molecule has 1 aromatic heterocycles. The summed E-state index contributed by atoms with van der Waals surface area (Å²) in [5, 5.41) is 0. The first-order chi connectivity index (χ1) is 5.72. The highest BCUT2D eigenvalue weighted by atomic mass is 14.8. The van der Waals surface area contributed by atoms with E-state index in [1.54, 1.807) is 12.3 Å². The lowest BCUT2D eigenvalue weighted by atomic mass is 10.1. The summed E-state index contributed by atoms with van der Waals surface area (Å²) >= 11 is 0. The molecule has 0 saturated carbocycles. The van der Waals surface area contributed by atoms with Crippen LogP contribution in [-0.4, -0.2) is 9.97 Å². The van der Waals surface area contributed by atoms with Gasteiger partial charge in [-0.25, -0.2) is 0 Å². The van der Waals surface area contributed by atoms with Gasteiger partial charge in [-0.2, -0.15) is 0 Å². The molecule has 0 radical (unpaired) electrons. The fourth-order valence-electron chi connectivity index (χ4n) is 0.994. The predicted octanol–water partition coefficient (Wildman–Crippen LogP) is 2.32. The second-order valence-electron chi connectivity index (χ2n) is 3.23. The van der Waals surface area contributed by atoms with E-state index in [0.29, 0.717) is 5.92 Å². The summed E-state index contributed by atoms with van der Waals surface area (Å²) in [6.45, 7) is 7.96. The first kappa shape index (κ1) is 8.91. The molecule has 0 bridgehead atoms. The smallest absolute Gasteiger partial charge is 0.0807 e. The van der Waals surface area contributed by atoms with Crippen LogP contribution in [0.15, 0.2) is 19.0 Å². The molecule has 12 heavy (non-hydrogen) atoms. The molecular formula is C10H14N2. The van der Waals surface area contributed by atoms with E-state index in [1.807, 2.05) is 6.20 Å². The van der Waals surface area contributed by atoms with Crippen molar-refractivity contribution in [2.75, 3.05) is 0 Å². The molecule has 2 heteroatoms. The van der Waals surface area contributed by atoms with Crippen LogP contribution in [0.3, 0.4) is 0 Å². The van der Waals surface area contributed by atoms with Crippen molar-refractivity contribution in [3.05, 3.63) is 30.4 Å². The van der Waals surface area contributed by atoms with Crippen LogP contribution in [0, 0.1) is 5.92 Å². The monoisotopic (exact) mass is 162 g/mol. The molecule has 0 aliphatic rings. The van der Waals surface area contributed by atoms with Crippen molar-refractivity contribution in [2.24, 2.45) is 5.92 Å². The van der Waals surface area contributed by atoms with Gasteiger partial charge in [0.1, 0.15) is 0 Å². The third-order valence-corrected chi connectivity index (χ3v) is 1.55. The molecule has 1 heterocycles. The van der Waals surface area contributed by atoms with Crippen LogP contribution in [0.1, 0.15) is 25.2 Å². The lowest BCUT2D eigenvalue weighted by molar-refractivity contribution is 0.633. The zero-order valence-corrected chi connectivity index (χ0v) is 7.62. The highest BCUT2D eigenvalue weighted by Gasteiger charge is 1.98. The maximum Gasteiger partial charge on any atom is 0.0807 e. The molecule has 0 spiro atoms. The minimum atomic E-state index is 0.633. The van der Waals surface area contributed by atoms with E-state index in [1.165, 1.54) is 0 Å². The first-order valence-corrected chi connectivity index (χ1v) is 4.15. The zero-order valence-electron chi connectivity index (χ0n) is 7.62. The normalized spacial score (nSPS) is 10.2. The van der Waals surface area contributed by atoms with Gasteiger partial charge in [0.15, 0.2) is 0 Å². The van der Waals surface area contributed by atoms with Gasteiger partial charge in [-0.1, -0.05) is 20.4 Å². The molecule has 0 aliphatic carbocycles. The van der Waals surface area contributed by atoms with Crippen LogP contribution in [0.5, 0.6) is 0 Å². The van der Waals surface area contributed by atoms with Gasteiger partial charge in [0, 0.05) is 6.20 Å². The Balaban J connectivity index is 2.71. The molecule has 0 amide bonds. The van der Waals surface area contributed by atoms with E-state index >= 15 is 0 Å². The van der Waals surface area contributed by atoms with Crippen LogP contribution in [0.2, 0.25) is 0 Å². The second kappa shape index (κ2) is 4.00. The van der Waals surface area contributed by atoms with Crippen molar-refractivity contribution in [1.82, 2.24) is 9.97 Å². The standard InChI is InChI=1S/C10H14N2/c1-4-9-6-12-10(7-11-9)5-8(2)3/h4,6-8H,1,5H2,2-3H3. The van der Waals surface area contributed by atoms with Gasteiger partial charge in [0.25, 0.3) is 0 Å². The van der Waals surface area contributed by atoms with Crippen LogP contribution in [-0.2, 0) is 6.42 Å². The van der Waals surface area contributed by atoms with Crippen LogP contribution < -0.4 is 0 Å². The summed E-state index contributed by atoms with van der Waals surface area (Å²) in [5.74, 6) is 0.633. The molecule has 0 atom stereocenters. The lowest BCUT2D eigenvalue weighted by Crippen LogP contribution is -1.98. The molecule has 0 aromatic carbocycles. The topological polar surface area (TPSA) is 25.8 Å². The van der Waals surface area contributed by atoms with Gasteiger partial charge in [0.2, 0.25) is 0 Å². The summed E-state index contributed by atoms with van der Waals surface area (Å²) in [4.78, 5) is 8.43. The molecular weight excluding hydrogens is 148 g/mol. The van der Waals surface area contributed by atoms with Crippen molar-refractivity contribution in [2.45, 2.75) is 20.3 Å². The van der Waals surface area contributed by atoms with E-state index in [2.05, 4.69) is 30.4 Å². The molecule has 64 valence electrons. The van der Waals surface area contributed by atoms with Gasteiger partial charge in [-0.05, 0) is 18.4 Å². The minimum Gasteiger partial charge on any atom is -0.257 e. The summed E-state index contributed by atoms with van der Waals surface area (Å²) in [5.41, 5.74) is 1.89. The van der Waals surface area contributed by atoms with Crippen molar-refractivity contribution in [1.29, 1.82) is 0 Å². The van der Waals surface area contributed by atoms with E-state index in [0.717, 1.165) is 17.8 Å². The molecule has 0 fully saturated rings. The highest BCUT2D eigenvalue weighted by Crippen LogP contribution is 2.04. The molecule has 0 saturated heterocycles. The van der Waals surface area contributed by atoms with Crippen molar-refractivity contribution >= 4 is 6.08 Å². The summed E-state index contributed by atoms with van der Waals surface area (Å²) < 4.78 is 0. The van der Waals surface area contributed by atoms with Crippen molar-refractivity contribution < 1.29 is 0 Å². The fourth-order valence-corrected chi connectivity index (χ4v) is 0.994. The second-order valence-corrected chi connectivity index (χ2v) is 3.23. The number of hydrogen-bond donors (Lipinski definition) is 0. The number of nitrogens with zero attached hydrogens (tertiary/aromatic N) is 2. The Bertz CT molecular complexity index is 249. The minimum absolute atomic E-state index is 0.633. The number of aromatic nitrogens is 2. The average molecular weight is 162 g/mol. The van der Waals surface area contributed by atoms with Gasteiger partial charge in [-0.15, -0.1) is 0 Å². The summed E-state index contributed by atoms with van der Waals surface area (Å²) in [7, 11) is 0. The van der Waals surface area contributed by atoms with E-state index in [-0.39, 0.29) is 0 Å². The summed E-state index contributed by atoms with van der Waals surface area (Å²) in [6, 6.07) is 0. The Labute approximate surface area is 73.4 Å². The number of hydrogen-bond acceptors (Lipinski definition) is 2. The molecule has 1 aromatic rings. The molecule has 0 aliphatic heterocycles. The molecule has 2 nitrogen and oxygen atoms in total. The lowest BCUT2D eigenvalue weighted by Gasteiger charge is -2.02. The predicted molar refractivity (Wildman–Crippen MR) is 50.7 cm³/mol. The Morgan fingerprint density at radius 1 is 1.42 bits per heavy atom.